The van der Waals surface area contributed by atoms with Crippen molar-refractivity contribution in [1.82, 2.24) is 5.32 Å². The number of carbonyl (C=O) groups is 1. The van der Waals surface area contributed by atoms with Gasteiger partial charge in [0, 0.05) is 5.92 Å². The van der Waals surface area contributed by atoms with Gasteiger partial charge in [0.15, 0.2) is 0 Å². The van der Waals surface area contributed by atoms with Gasteiger partial charge in [0.1, 0.15) is 0 Å². The predicted octanol–water partition coefficient (Wildman–Crippen LogP) is 4.39. The van der Waals surface area contributed by atoms with E-state index in [1.165, 1.54) is 18.4 Å². The molecule has 114 valence electrons. The van der Waals surface area contributed by atoms with Crippen LogP contribution in [0, 0.1) is 12.8 Å². The van der Waals surface area contributed by atoms with Crippen molar-refractivity contribution in [2.75, 3.05) is 0 Å². The highest BCUT2D eigenvalue weighted by Gasteiger charge is 2.25. The Morgan fingerprint density at radius 1 is 1.00 bits per heavy atom. The molecular formula is C20H23NO. The first-order valence-electron chi connectivity index (χ1n) is 8.16. The molecule has 0 bridgehead atoms. The molecule has 2 heteroatoms. The largest absolute Gasteiger partial charge is 0.345 e. The van der Waals surface area contributed by atoms with Gasteiger partial charge in [0.2, 0.25) is 5.91 Å². The minimum absolute atomic E-state index is 0.0609. The molecule has 1 saturated carbocycles. The van der Waals surface area contributed by atoms with E-state index < -0.39 is 0 Å². The van der Waals surface area contributed by atoms with Gasteiger partial charge in [-0.25, -0.2) is 0 Å². The molecule has 0 aliphatic heterocycles. The van der Waals surface area contributed by atoms with E-state index in [1.54, 1.807) is 0 Å². The summed E-state index contributed by atoms with van der Waals surface area (Å²) >= 11 is 0. The lowest BCUT2D eigenvalue weighted by molar-refractivity contribution is -0.125. The van der Waals surface area contributed by atoms with Crippen LogP contribution in [0.25, 0.3) is 0 Å². The van der Waals surface area contributed by atoms with E-state index in [1.807, 2.05) is 18.2 Å². The fourth-order valence-corrected chi connectivity index (χ4v) is 3.30. The molecule has 0 radical (unpaired) electrons. The van der Waals surface area contributed by atoms with Gasteiger partial charge >= 0.3 is 0 Å². The highest BCUT2D eigenvalue weighted by atomic mass is 16.1. The minimum Gasteiger partial charge on any atom is -0.345 e. The Morgan fingerprint density at radius 3 is 2.36 bits per heavy atom. The zero-order chi connectivity index (χ0) is 15.4. The van der Waals surface area contributed by atoms with Crippen molar-refractivity contribution in [3.05, 3.63) is 71.3 Å². The first-order chi connectivity index (χ1) is 10.7. The Bertz CT molecular complexity index is 629. The maximum Gasteiger partial charge on any atom is 0.223 e. The molecule has 1 aliphatic carbocycles. The Labute approximate surface area is 132 Å². The molecule has 1 fully saturated rings. The van der Waals surface area contributed by atoms with Gasteiger partial charge in [-0.3, -0.25) is 4.79 Å². The van der Waals surface area contributed by atoms with Gasteiger partial charge in [-0.1, -0.05) is 73.0 Å². The summed E-state index contributed by atoms with van der Waals surface area (Å²) in [5, 5.41) is 3.28. The van der Waals surface area contributed by atoms with Crippen LogP contribution in [-0.4, -0.2) is 5.91 Å². The maximum absolute atomic E-state index is 12.6. The summed E-state index contributed by atoms with van der Waals surface area (Å²) < 4.78 is 0. The molecule has 0 aromatic heterocycles. The second kappa shape index (κ2) is 6.78. The molecule has 1 atom stereocenters. The van der Waals surface area contributed by atoms with Gasteiger partial charge in [0.05, 0.1) is 6.04 Å². The summed E-state index contributed by atoms with van der Waals surface area (Å²) in [5.41, 5.74) is 3.51. The summed E-state index contributed by atoms with van der Waals surface area (Å²) in [6.07, 6.45) is 4.42. The Hall–Kier alpha value is -2.09. The summed E-state index contributed by atoms with van der Waals surface area (Å²) in [7, 11) is 0. The summed E-state index contributed by atoms with van der Waals surface area (Å²) in [6, 6.07) is 18.6. The molecule has 0 heterocycles. The van der Waals surface area contributed by atoms with E-state index in [0.717, 1.165) is 24.0 Å². The molecule has 2 aromatic rings. The van der Waals surface area contributed by atoms with Crippen LogP contribution in [0.4, 0.5) is 0 Å². The normalized spacial score (nSPS) is 16.4. The number of hydrogen-bond acceptors (Lipinski definition) is 1. The first kappa shape index (κ1) is 14.8. The Balaban J connectivity index is 1.87. The van der Waals surface area contributed by atoms with Gasteiger partial charge in [0.25, 0.3) is 0 Å². The molecule has 1 amide bonds. The van der Waals surface area contributed by atoms with Crippen LogP contribution in [0.5, 0.6) is 0 Å². The van der Waals surface area contributed by atoms with Crippen molar-refractivity contribution in [3.63, 3.8) is 0 Å². The van der Waals surface area contributed by atoms with Crippen LogP contribution >= 0.6 is 0 Å². The third kappa shape index (κ3) is 3.38. The second-order valence-electron chi connectivity index (χ2n) is 6.25. The average Bonchev–Trinajstić information content (AvgIpc) is 3.08. The van der Waals surface area contributed by atoms with Crippen molar-refractivity contribution < 1.29 is 4.79 Å². The first-order valence-corrected chi connectivity index (χ1v) is 8.16. The van der Waals surface area contributed by atoms with Crippen LogP contribution in [0.15, 0.2) is 54.6 Å². The van der Waals surface area contributed by atoms with Crippen molar-refractivity contribution >= 4 is 5.91 Å². The molecule has 22 heavy (non-hydrogen) atoms. The smallest absolute Gasteiger partial charge is 0.223 e. The molecule has 1 aliphatic rings. The average molecular weight is 293 g/mol. The standard InChI is InChI=1S/C20H23NO/c1-15-8-7-13-18(14-15)19(16-9-3-2-4-10-16)21-20(22)17-11-5-6-12-17/h2-4,7-10,13-14,17,19H,5-6,11-12H2,1H3,(H,21,22)/t19-/m0/s1. The third-order valence-corrected chi connectivity index (χ3v) is 4.52. The number of rotatable bonds is 4. The zero-order valence-electron chi connectivity index (χ0n) is 13.1. The molecule has 2 nitrogen and oxygen atoms in total. The van der Waals surface area contributed by atoms with Crippen LogP contribution in [0.2, 0.25) is 0 Å². The number of nitrogens with one attached hydrogen (secondary N) is 1. The fourth-order valence-electron chi connectivity index (χ4n) is 3.30. The zero-order valence-corrected chi connectivity index (χ0v) is 13.1. The lowest BCUT2D eigenvalue weighted by atomic mass is 9.96. The predicted molar refractivity (Wildman–Crippen MR) is 89.6 cm³/mol. The lowest BCUT2D eigenvalue weighted by Gasteiger charge is -2.22. The fraction of sp³-hybridized carbons (Fsp3) is 0.350. The number of hydrogen-bond donors (Lipinski definition) is 1. The molecule has 0 spiro atoms. The van der Waals surface area contributed by atoms with Crippen LogP contribution in [-0.2, 0) is 4.79 Å². The van der Waals surface area contributed by atoms with Crippen molar-refractivity contribution in [2.45, 2.75) is 38.6 Å². The molecule has 2 aromatic carbocycles. The van der Waals surface area contributed by atoms with Crippen LogP contribution in [0.1, 0.15) is 48.4 Å². The molecule has 3 rings (SSSR count). The van der Waals surface area contributed by atoms with Crippen molar-refractivity contribution in [2.24, 2.45) is 5.92 Å². The molecule has 0 unspecified atom stereocenters. The highest BCUT2D eigenvalue weighted by Crippen LogP contribution is 2.28. The van der Waals surface area contributed by atoms with Gasteiger partial charge in [-0.15, -0.1) is 0 Å². The van der Waals surface area contributed by atoms with Gasteiger partial charge in [-0.05, 0) is 30.9 Å². The van der Waals surface area contributed by atoms with E-state index in [-0.39, 0.29) is 17.9 Å². The monoisotopic (exact) mass is 293 g/mol. The Kier molecular flexibility index (Phi) is 4.57. The minimum atomic E-state index is -0.0609. The van der Waals surface area contributed by atoms with E-state index in [0.29, 0.717) is 0 Å². The van der Waals surface area contributed by atoms with E-state index in [9.17, 15) is 4.79 Å². The summed E-state index contributed by atoms with van der Waals surface area (Å²) in [5.74, 6) is 0.392. The number of amides is 1. The van der Waals surface area contributed by atoms with E-state index in [4.69, 9.17) is 0 Å². The highest BCUT2D eigenvalue weighted by molar-refractivity contribution is 5.79. The SMILES string of the molecule is Cc1cccc([C@@H](NC(=O)C2CCCC2)c2ccccc2)c1. The molecule has 1 N–H and O–H groups in total. The van der Waals surface area contributed by atoms with E-state index >= 15 is 0 Å². The van der Waals surface area contributed by atoms with Crippen LogP contribution < -0.4 is 5.32 Å². The lowest BCUT2D eigenvalue weighted by Crippen LogP contribution is -2.33. The summed E-state index contributed by atoms with van der Waals surface area (Å²) in [4.78, 5) is 12.6. The topological polar surface area (TPSA) is 29.1 Å². The van der Waals surface area contributed by atoms with Crippen LogP contribution in [0.3, 0.4) is 0 Å². The maximum atomic E-state index is 12.6. The quantitative estimate of drug-likeness (QED) is 0.890. The van der Waals surface area contributed by atoms with E-state index in [2.05, 4.69) is 48.6 Å². The van der Waals surface area contributed by atoms with Gasteiger partial charge < -0.3 is 5.32 Å². The van der Waals surface area contributed by atoms with Gasteiger partial charge in [-0.2, -0.15) is 0 Å². The Morgan fingerprint density at radius 2 is 1.68 bits per heavy atom. The number of benzene rings is 2. The third-order valence-electron chi connectivity index (χ3n) is 4.52. The molecule has 0 saturated heterocycles. The number of carbonyl (C=O) groups excluding carboxylic acids is 1. The second-order valence-corrected chi connectivity index (χ2v) is 6.25. The summed E-state index contributed by atoms with van der Waals surface area (Å²) in [6.45, 7) is 2.09. The molecular weight excluding hydrogens is 270 g/mol. The number of aryl methyl sites for hydroxylation is 1. The van der Waals surface area contributed by atoms with Crippen molar-refractivity contribution in [3.8, 4) is 0 Å². The van der Waals surface area contributed by atoms with Crippen molar-refractivity contribution in [1.29, 1.82) is 0 Å².